The first-order valence-electron chi connectivity index (χ1n) is 4.73. The van der Waals surface area contributed by atoms with Gasteiger partial charge in [0.1, 0.15) is 0 Å². The summed E-state index contributed by atoms with van der Waals surface area (Å²) in [5.41, 5.74) is 0. The van der Waals surface area contributed by atoms with Gasteiger partial charge in [-0.1, -0.05) is 0 Å². The molecule has 0 unspecified atom stereocenters. The predicted octanol–water partition coefficient (Wildman–Crippen LogP) is 2.80. The van der Waals surface area contributed by atoms with Crippen molar-refractivity contribution >= 4 is 0 Å². The van der Waals surface area contributed by atoms with Gasteiger partial charge in [0, 0.05) is 0 Å². The molecule has 0 amide bonds. The Labute approximate surface area is 77.3 Å². The van der Waals surface area contributed by atoms with E-state index in [4.69, 9.17) is 5.63 Å². The van der Waals surface area contributed by atoms with Crippen molar-refractivity contribution in [1.29, 1.82) is 0 Å². The van der Waals surface area contributed by atoms with Gasteiger partial charge in [-0.05, 0) is 0 Å². The van der Waals surface area contributed by atoms with Gasteiger partial charge in [0.2, 0.25) is 0 Å². The van der Waals surface area contributed by atoms with E-state index in [9.17, 15) is 2.81 Å². The van der Waals surface area contributed by atoms with Crippen LogP contribution >= 0.6 is 0 Å². The Kier molecular flexibility index (Phi) is 4.97. The molecule has 4 heteroatoms. The van der Waals surface area contributed by atoms with Gasteiger partial charge >= 0.3 is 77.3 Å². The maximum absolute atomic E-state index is 12.4. The first-order chi connectivity index (χ1) is 5.54. The first kappa shape index (κ1) is 12.6. The molecule has 0 spiro atoms. The fourth-order valence-electron chi connectivity index (χ4n) is 1.34. The van der Waals surface area contributed by atoms with Gasteiger partial charge < -0.3 is 0 Å². The minimum absolute atomic E-state index is 0.483. The Morgan fingerprint density at radius 2 is 1.25 bits per heavy atom. The zero-order valence-corrected chi connectivity index (χ0v) is 11.0. The summed E-state index contributed by atoms with van der Waals surface area (Å²) in [7, 11) is 0. The topological polar surface area (TPSA) is 35.5 Å². The summed E-state index contributed by atoms with van der Waals surface area (Å²) in [4.78, 5) is 0. The molecule has 0 aromatic rings. The van der Waals surface area contributed by atoms with Crippen molar-refractivity contribution in [3.8, 4) is 0 Å². The van der Waals surface area contributed by atoms with Crippen LogP contribution < -0.4 is 0 Å². The molecule has 0 aromatic heterocycles. The van der Waals surface area contributed by atoms with E-state index in [0.717, 1.165) is 0 Å². The van der Waals surface area contributed by atoms with E-state index in [1.807, 2.05) is 27.7 Å². The summed E-state index contributed by atoms with van der Waals surface area (Å²) in [5, 5.41) is 0. The van der Waals surface area contributed by atoms with Gasteiger partial charge in [0.15, 0.2) is 0 Å². The quantitative estimate of drug-likeness (QED) is 0.732. The summed E-state index contributed by atoms with van der Waals surface area (Å²) < 4.78 is 24.2. The van der Waals surface area contributed by atoms with E-state index in [1.165, 1.54) is 0 Å². The van der Waals surface area contributed by atoms with E-state index in [-0.39, 0.29) is 0 Å². The van der Waals surface area contributed by atoms with E-state index < -0.39 is 19.7 Å². The van der Waals surface area contributed by atoms with Crippen LogP contribution in [0.1, 0.15) is 27.7 Å². The Morgan fingerprint density at radius 3 is 1.42 bits per heavy atom. The van der Waals surface area contributed by atoms with Crippen molar-refractivity contribution in [3.63, 3.8) is 0 Å². The van der Waals surface area contributed by atoms with Crippen molar-refractivity contribution < 1.29 is 28.1 Å². The standard InChI is InChI=1S/2C2H5O.2C2H5.O.Zr/c2*1-2-3;2*1-2;;/h2*2H2,1H3;2*1H2,2H3;;/q2*-1;;;;+2. The van der Waals surface area contributed by atoms with Gasteiger partial charge in [-0.3, -0.25) is 0 Å². The summed E-state index contributed by atoms with van der Waals surface area (Å²) in [6.45, 7) is 8.44. The van der Waals surface area contributed by atoms with E-state index >= 15 is 0 Å². The Balaban J connectivity index is 4.63. The zero-order valence-electron chi connectivity index (χ0n) is 8.55. The van der Waals surface area contributed by atoms with Crippen LogP contribution in [0.15, 0.2) is 0 Å². The maximum atomic E-state index is 12.4. The van der Waals surface area contributed by atoms with Gasteiger partial charge in [0.05, 0.1) is 0 Å². The number of hydrogen-bond acceptors (Lipinski definition) is 3. The molecular formula is C8H20O3Zr. The molecule has 0 N–H and O–H groups in total. The molecule has 0 heterocycles. The third-order valence-electron chi connectivity index (χ3n) is 2.30. The van der Waals surface area contributed by atoms with Crippen molar-refractivity contribution in [2.75, 3.05) is 13.2 Å². The Hall–Kier alpha value is 0.603. The summed E-state index contributed by atoms with van der Waals surface area (Å²) in [6, 6.07) is 0. The van der Waals surface area contributed by atoms with Crippen LogP contribution in [0.2, 0.25) is 8.26 Å². The molecule has 0 saturated carbocycles. The van der Waals surface area contributed by atoms with Crippen LogP contribution in [0.4, 0.5) is 0 Å². The number of hydrogen-bond donors (Lipinski definition) is 0. The molecule has 0 rings (SSSR count). The second-order valence-corrected chi connectivity index (χ2v) is 14.5. The second-order valence-electron chi connectivity index (χ2n) is 2.94. The van der Waals surface area contributed by atoms with Crippen molar-refractivity contribution in [2.24, 2.45) is 0 Å². The fraction of sp³-hybridized carbons (Fsp3) is 1.00. The summed E-state index contributed by atoms with van der Waals surface area (Å²) >= 11 is -4.35. The van der Waals surface area contributed by atoms with Gasteiger partial charge in [0.25, 0.3) is 0 Å². The normalized spacial score (nSPS) is 13.4. The zero-order chi connectivity index (χ0) is 9.69. The molecule has 0 bridgehead atoms. The van der Waals surface area contributed by atoms with Gasteiger partial charge in [-0.2, -0.15) is 0 Å². The third-order valence-corrected chi connectivity index (χ3v) is 13.6. The molecule has 0 aliphatic rings. The second kappa shape index (κ2) is 4.73. The SMILES string of the molecule is CC[O][Zr](=[O])([CH2]C)([CH2]C)[O]CC. The molecule has 74 valence electrons. The monoisotopic (exact) mass is 254 g/mol. The van der Waals surface area contributed by atoms with Crippen LogP contribution in [0, 0.1) is 0 Å². The average molecular weight is 255 g/mol. The fourth-order valence-corrected chi connectivity index (χ4v) is 7.95. The summed E-state index contributed by atoms with van der Waals surface area (Å²) in [5.74, 6) is 0. The van der Waals surface area contributed by atoms with E-state index in [2.05, 4.69) is 0 Å². The van der Waals surface area contributed by atoms with Crippen LogP contribution in [-0.4, -0.2) is 13.2 Å². The van der Waals surface area contributed by atoms with Crippen LogP contribution in [0.25, 0.3) is 0 Å². The molecule has 0 saturated heterocycles. The summed E-state index contributed by atoms with van der Waals surface area (Å²) in [6.07, 6.45) is 0. The Bertz CT molecular complexity index is 169. The molecule has 0 fully saturated rings. The molecule has 0 radical (unpaired) electrons. The van der Waals surface area contributed by atoms with Gasteiger partial charge in [-0.15, -0.1) is 0 Å². The molecule has 0 atom stereocenters. The molecule has 0 aliphatic carbocycles. The van der Waals surface area contributed by atoms with Crippen molar-refractivity contribution in [2.45, 2.75) is 36.0 Å². The molecule has 12 heavy (non-hydrogen) atoms. The van der Waals surface area contributed by atoms with E-state index in [0.29, 0.717) is 21.5 Å². The molecular weight excluding hydrogens is 235 g/mol. The molecule has 0 aliphatic heterocycles. The van der Waals surface area contributed by atoms with Crippen LogP contribution in [0.3, 0.4) is 0 Å². The predicted molar refractivity (Wildman–Crippen MR) is 44.9 cm³/mol. The van der Waals surface area contributed by atoms with Crippen LogP contribution in [0.5, 0.6) is 0 Å². The van der Waals surface area contributed by atoms with Gasteiger partial charge in [-0.25, -0.2) is 0 Å². The molecule has 0 aromatic carbocycles. The molecule has 3 nitrogen and oxygen atoms in total. The first-order valence-corrected chi connectivity index (χ1v) is 11.2. The average Bonchev–Trinajstić information content (AvgIpc) is 2.06. The minimum atomic E-state index is -4.35. The van der Waals surface area contributed by atoms with Crippen LogP contribution in [-0.2, 0) is 28.1 Å². The Morgan fingerprint density at radius 1 is 0.917 bits per heavy atom. The van der Waals surface area contributed by atoms with Crippen molar-refractivity contribution in [3.05, 3.63) is 0 Å². The number of rotatable bonds is 6. The van der Waals surface area contributed by atoms with Crippen molar-refractivity contribution in [1.82, 2.24) is 0 Å². The van der Waals surface area contributed by atoms with E-state index in [1.54, 1.807) is 0 Å². The third kappa shape index (κ3) is 2.83.